The lowest BCUT2D eigenvalue weighted by Gasteiger charge is -2.11. The molecule has 0 saturated carbocycles. The van der Waals surface area contributed by atoms with Crippen molar-refractivity contribution in [2.24, 2.45) is 0 Å². The van der Waals surface area contributed by atoms with Crippen LogP contribution in [0, 0.1) is 6.92 Å². The molecule has 0 amide bonds. The van der Waals surface area contributed by atoms with Gasteiger partial charge in [-0.2, -0.15) is 0 Å². The molecule has 1 heterocycles. The zero-order valence-electron chi connectivity index (χ0n) is 9.55. The zero-order chi connectivity index (χ0) is 12.6. The van der Waals surface area contributed by atoms with Crippen molar-refractivity contribution in [3.05, 3.63) is 23.8 Å². The van der Waals surface area contributed by atoms with Gasteiger partial charge in [0.1, 0.15) is 0 Å². The quantitative estimate of drug-likeness (QED) is 0.811. The molecule has 1 aliphatic rings. The van der Waals surface area contributed by atoms with Crippen LogP contribution in [0.2, 0.25) is 0 Å². The number of nitrogens with two attached hydrogens (primary N) is 1. The van der Waals surface area contributed by atoms with Gasteiger partial charge < -0.3 is 5.73 Å². The predicted molar refractivity (Wildman–Crippen MR) is 69.1 cm³/mol. The van der Waals surface area contributed by atoms with E-state index < -0.39 is 20.6 Å². The van der Waals surface area contributed by atoms with Crippen molar-refractivity contribution in [1.29, 1.82) is 0 Å². The first-order valence-corrected chi connectivity index (χ1v) is 8.39. The number of rotatable bonds is 2. The maximum Gasteiger partial charge on any atom is 0.151 e. The Morgan fingerprint density at radius 2 is 2.12 bits per heavy atom. The van der Waals surface area contributed by atoms with Crippen LogP contribution in [-0.4, -0.2) is 29.4 Å². The van der Waals surface area contributed by atoms with E-state index in [2.05, 4.69) is 0 Å². The largest absolute Gasteiger partial charge is 0.399 e. The molecular weight excluding hydrogens is 258 g/mol. The highest BCUT2D eigenvalue weighted by atomic mass is 32.2. The van der Waals surface area contributed by atoms with Gasteiger partial charge in [0.15, 0.2) is 9.84 Å². The molecule has 1 fully saturated rings. The third-order valence-electron chi connectivity index (χ3n) is 2.92. The molecule has 6 heteroatoms. The first kappa shape index (κ1) is 12.6. The highest BCUT2D eigenvalue weighted by Gasteiger charge is 2.33. The van der Waals surface area contributed by atoms with Gasteiger partial charge in [-0.25, -0.2) is 8.42 Å². The van der Waals surface area contributed by atoms with Gasteiger partial charge in [0.25, 0.3) is 0 Å². The summed E-state index contributed by atoms with van der Waals surface area (Å²) < 4.78 is 35.0. The Morgan fingerprint density at radius 1 is 1.41 bits per heavy atom. The molecule has 2 rings (SSSR count). The molecule has 1 aromatic rings. The average molecular weight is 273 g/mol. The Kier molecular flexibility index (Phi) is 3.27. The van der Waals surface area contributed by atoms with Crippen molar-refractivity contribution in [2.45, 2.75) is 23.5 Å². The van der Waals surface area contributed by atoms with Gasteiger partial charge >= 0.3 is 0 Å². The van der Waals surface area contributed by atoms with E-state index in [1.807, 2.05) is 13.0 Å². The summed E-state index contributed by atoms with van der Waals surface area (Å²) in [6.45, 7) is 1.86. The molecule has 1 saturated heterocycles. The number of benzene rings is 1. The van der Waals surface area contributed by atoms with Gasteiger partial charge in [-0.05, 0) is 31.0 Å². The van der Waals surface area contributed by atoms with Crippen LogP contribution >= 0.6 is 0 Å². The molecule has 2 unspecified atom stereocenters. The number of nitrogen functional groups attached to an aromatic ring is 1. The number of aryl methyl sites for hydroxylation is 1. The van der Waals surface area contributed by atoms with Gasteiger partial charge in [-0.3, -0.25) is 4.21 Å². The Morgan fingerprint density at radius 3 is 2.71 bits per heavy atom. The Hall–Kier alpha value is -0.880. The van der Waals surface area contributed by atoms with Gasteiger partial charge in [0.2, 0.25) is 0 Å². The van der Waals surface area contributed by atoms with E-state index in [-0.39, 0.29) is 16.8 Å². The lowest BCUT2D eigenvalue weighted by molar-refractivity contribution is 0.602. The number of anilines is 1. The van der Waals surface area contributed by atoms with E-state index in [1.54, 1.807) is 12.1 Å². The number of sulfone groups is 1. The van der Waals surface area contributed by atoms with Crippen LogP contribution in [0.5, 0.6) is 0 Å². The normalized spacial score (nSPS) is 24.6. The van der Waals surface area contributed by atoms with Crippen molar-refractivity contribution in [1.82, 2.24) is 0 Å². The van der Waals surface area contributed by atoms with Crippen LogP contribution < -0.4 is 5.73 Å². The van der Waals surface area contributed by atoms with Crippen LogP contribution in [0.4, 0.5) is 5.69 Å². The fraction of sp³-hybridized carbons (Fsp3) is 0.455. The Balaban J connectivity index is 2.29. The highest BCUT2D eigenvalue weighted by Crippen LogP contribution is 2.25. The first-order valence-electron chi connectivity index (χ1n) is 5.36. The summed E-state index contributed by atoms with van der Waals surface area (Å²) in [5, 5.41) is -0.291. The van der Waals surface area contributed by atoms with Gasteiger partial charge in [-0.15, -0.1) is 0 Å². The number of hydrogen-bond donors (Lipinski definition) is 1. The van der Waals surface area contributed by atoms with Crippen molar-refractivity contribution in [3.63, 3.8) is 0 Å². The fourth-order valence-corrected chi connectivity index (χ4v) is 6.08. The molecule has 0 bridgehead atoms. The summed E-state index contributed by atoms with van der Waals surface area (Å²) in [5.41, 5.74) is 7.11. The highest BCUT2D eigenvalue weighted by molar-refractivity contribution is 7.94. The Labute approximate surface area is 104 Å². The van der Waals surface area contributed by atoms with E-state index in [0.717, 1.165) is 5.56 Å². The molecule has 1 aliphatic heterocycles. The second kappa shape index (κ2) is 4.42. The molecule has 2 atom stereocenters. The predicted octanol–water partition coefficient (Wildman–Crippen LogP) is 0.872. The lowest BCUT2D eigenvalue weighted by Crippen LogP contribution is -2.17. The van der Waals surface area contributed by atoms with E-state index in [9.17, 15) is 12.6 Å². The minimum Gasteiger partial charge on any atom is -0.399 e. The molecule has 2 N–H and O–H groups in total. The van der Waals surface area contributed by atoms with E-state index in [4.69, 9.17) is 5.73 Å². The van der Waals surface area contributed by atoms with Crippen LogP contribution in [-0.2, 0) is 20.6 Å². The van der Waals surface area contributed by atoms with Crippen molar-refractivity contribution in [3.8, 4) is 0 Å². The second-order valence-electron chi connectivity index (χ2n) is 4.35. The van der Waals surface area contributed by atoms with Gasteiger partial charge in [0, 0.05) is 10.6 Å². The molecule has 0 aromatic heterocycles. The van der Waals surface area contributed by atoms with Crippen LogP contribution in [0.1, 0.15) is 12.0 Å². The molecule has 0 aliphatic carbocycles. The SMILES string of the molecule is Cc1ccc(N)cc1S(=O)C1CCS(=O)(=O)C1. The molecule has 1 aromatic carbocycles. The summed E-state index contributed by atoms with van der Waals surface area (Å²) in [6, 6.07) is 5.24. The third kappa shape index (κ3) is 2.69. The fourth-order valence-electron chi connectivity index (χ4n) is 1.94. The van der Waals surface area contributed by atoms with Crippen LogP contribution in [0.25, 0.3) is 0 Å². The van der Waals surface area contributed by atoms with E-state index in [1.165, 1.54) is 0 Å². The van der Waals surface area contributed by atoms with Gasteiger partial charge in [0.05, 0.1) is 27.6 Å². The van der Waals surface area contributed by atoms with Crippen molar-refractivity contribution >= 4 is 26.3 Å². The van der Waals surface area contributed by atoms with Crippen molar-refractivity contribution in [2.75, 3.05) is 17.2 Å². The van der Waals surface area contributed by atoms with Crippen LogP contribution in [0.15, 0.2) is 23.1 Å². The lowest BCUT2D eigenvalue weighted by atomic mass is 10.2. The summed E-state index contributed by atoms with van der Waals surface area (Å²) in [7, 11) is -4.28. The first-order chi connectivity index (χ1) is 7.89. The topological polar surface area (TPSA) is 77.2 Å². The molecule has 94 valence electrons. The van der Waals surface area contributed by atoms with E-state index >= 15 is 0 Å². The molecular formula is C11H15NO3S2. The number of hydrogen-bond acceptors (Lipinski definition) is 4. The maximum atomic E-state index is 12.3. The minimum absolute atomic E-state index is 0.0217. The summed E-state index contributed by atoms with van der Waals surface area (Å²) in [5.74, 6) is 0.165. The van der Waals surface area contributed by atoms with E-state index in [0.29, 0.717) is 17.0 Å². The average Bonchev–Trinajstić information content (AvgIpc) is 2.61. The van der Waals surface area contributed by atoms with Crippen LogP contribution in [0.3, 0.4) is 0 Å². The summed E-state index contributed by atoms with van der Waals surface area (Å²) in [6.07, 6.45) is 0.475. The molecule has 0 spiro atoms. The van der Waals surface area contributed by atoms with Gasteiger partial charge in [-0.1, -0.05) is 6.07 Å². The Bertz CT molecular complexity index is 566. The summed E-state index contributed by atoms with van der Waals surface area (Å²) >= 11 is 0. The van der Waals surface area contributed by atoms with Crippen molar-refractivity contribution < 1.29 is 12.6 Å². The standard InChI is InChI=1S/C11H15NO3S2/c1-8-2-3-9(12)6-11(8)16(13)10-4-5-17(14,15)7-10/h2-3,6,10H,4-5,7,12H2,1H3. The molecule has 4 nitrogen and oxygen atoms in total. The molecule has 17 heavy (non-hydrogen) atoms. The molecule has 0 radical (unpaired) electrons. The third-order valence-corrected chi connectivity index (χ3v) is 6.78. The summed E-state index contributed by atoms with van der Waals surface area (Å²) in [4.78, 5) is 0.659. The second-order valence-corrected chi connectivity index (χ2v) is 8.28. The zero-order valence-corrected chi connectivity index (χ0v) is 11.2. The maximum absolute atomic E-state index is 12.3. The smallest absolute Gasteiger partial charge is 0.151 e. The monoisotopic (exact) mass is 273 g/mol. The minimum atomic E-state index is -3.00.